The second-order valence-corrected chi connectivity index (χ2v) is 22.1. The van der Waals surface area contributed by atoms with Gasteiger partial charge in [0.25, 0.3) is 11.1 Å². The molecule has 0 radical (unpaired) electrons. The van der Waals surface area contributed by atoms with Crippen LogP contribution in [0.15, 0.2) is 72.8 Å². The molecule has 14 nitrogen and oxygen atoms in total. The average Bonchev–Trinajstić information content (AvgIpc) is 4.25. The van der Waals surface area contributed by atoms with Gasteiger partial charge in [-0.05, 0) is 226 Å². The van der Waals surface area contributed by atoms with Crippen LogP contribution in [0.25, 0.3) is 22.1 Å². The summed E-state index contributed by atoms with van der Waals surface area (Å²) in [6, 6.07) is 25.6. The van der Waals surface area contributed by atoms with Gasteiger partial charge in [0.2, 0.25) is 0 Å². The van der Waals surface area contributed by atoms with Crippen LogP contribution < -0.4 is 5.32 Å². The Morgan fingerprint density at radius 3 is 1.44 bits per heavy atom. The molecule has 0 saturated heterocycles. The van der Waals surface area contributed by atoms with Gasteiger partial charge >= 0.3 is 11.9 Å². The summed E-state index contributed by atoms with van der Waals surface area (Å²) in [4.78, 5) is 51.8. The minimum atomic E-state index is -0.359. The van der Waals surface area contributed by atoms with E-state index < -0.39 is 0 Å². The molecular formula is C66H77ClN8O6. The van der Waals surface area contributed by atoms with Crippen LogP contribution in [0.1, 0.15) is 159 Å². The van der Waals surface area contributed by atoms with Crippen molar-refractivity contribution in [1.82, 2.24) is 40.2 Å². The van der Waals surface area contributed by atoms with Crippen LogP contribution in [0.5, 0.6) is 0 Å². The normalized spacial score (nSPS) is 13.5. The number of carbonyl (C=O) groups excluding carboxylic acids is 4. The van der Waals surface area contributed by atoms with Gasteiger partial charge in [-0.2, -0.15) is 0 Å². The Kier molecular flexibility index (Phi) is 18.7. The first-order chi connectivity index (χ1) is 38.7. The lowest BCUT2D eigenvalue weighted by Gasteiger charge is -2.31. The maximum absolute atomic E-state index is 13.8. The number of carbonyl (C=O) groups is 4. The molecule has 424 valence electrons. The average molecular weight is 1110 g/mol. The third-order valence-electron chi connectivity index (χ3n) is 17.1. The van der Waals surface area contributed by atoms with E-state index in [-0.39, 0.29) is 41.3 Å². The number of esters is 2. The molecule has 2 aromatic heterocycles. The smallest absolute Gasteiger partial charge is 0.306 e. The lowest BCUT2D eigenvalue weighted by Crippen LogP contribution is -2.37. The number of aromatic nitrogens is 6. The van der Waals surface area contributed by atoms with Crippen molar-refractivity contribution in [3.05, 3.63) is 184 Å². The first-order valence-electron chi connectivity index (χ1n) is 28.1. The summed E-state index contributed by atoms with van der Waals surface area (Å²) in [5.41, 5.74) is 25.3. The van der Waals surface area contributed by atoms with E-state index in [0.29, 0.717) is 25.1 Å². The van der Waals surface area contributed by atoms with Crippen LogP contribution in [-0.2, 0) is 58.1 Å². The molecule has 8 aromatic rings. The molecule has 0 bridgehead atoms. The van der Waals surface area contributed by atoms with Gasteiger partial charge in [0.1, 0.15) is 11.0 Å². The molecule has 1 N–H and O–H groups in total. The highest BCUT2D eigenvalue weighted by Crippen LogP contribution is 2.38. The van der Waals surface area contributed by atoms with E-state index in [9.17, 15) is 19.2 Å². The van der Waals surface area contributed by atoms with Crippen molar-refractivity contribution in [3.63, 3.8) is 0 Å². The van der Waals surface area contributed by atoms with Crippen LogP contribution in [0.2, 0.25) is 0 Å². The Hall–Kier alpha value is -7.55. The van der Waals surface area contributed by atoms with Crippen LogP contribution in [-0.4, -0.2) is 85.3 Å². The quantitative estimate of drug-likeness (QED) is 0.0915. The number of benzene rings is 6. The molecule has 0 unspecified atom stereocenters. The first-order valence-corrected chi connectivity index (χ1v) is 28.5. The van der Waals surface area contributed by atoms with E-state index in [2.05, 4.69) is 120 Å². The van der Waals surface area contributed by atoms with Gasteiger partial charge in [0.15, 0.2) is 0 Å². The number of nitrogens with one attached hydrogen (secondary N) is 1. The minimum Gasteiger partial charge on any atom is -0.469 e. The van der Waals surface area contributed by atoms with Crippen molar-refractivity contribution in [2.75, 3.05) is 27.3 Å². The standard InChI is InChI=1S/C33H38N4O3.C22H26N4O2.C11H13ClO/c1-8-37-29-12-11-27(23(6)32(29)34-35-37)28(17-30(38)40-7)25-10-9-24-13-14-36(18-26(24)16-25)33(39)31-21(4)19(2)15-20(3)22(31)5;1-4-26-20-8-7-18(14(2)22(20)24-25-26)19(12-21(27)28-3)16-6-5-15-9-10-23-13-17(15)11-16;1-6-5-7(2)9(4)10(8(6)3)11(12)13/h9-12,15-16,28H,8,13-14,17-18H2,1-7H3;5-8,11,19,23H,4,9-10,12-13H2,1-3H3;5H,1-4H3/t28-;19-;/m00./s1. The second-order valence-electron chi connectivity index (χ2n) is 21.8. The predicted molar refractivity (Wildman–Crippen MR) is 321 cm³/mol. The van der Waals surface area contributed by atoms with Gasteiger partial charge in [-0.1, -0.05) is 71.1 Å². The number of hydrogen-bond acceptors (Lipinski definition) is 11. The second kappa shape index (κ2) is 25.5. The van der Waals surface area contributed by atoms with E-state index >= 15 is 0 Å². The zero-order chi connectivity index (χ0) is 58.6. The molecule has 1 amide bonds. The summed E-state index contributed by atoms with van der Waals surface area (Å²) < 4.78 is 13.9. The van der Waals surface area contributed by atoms with Crippen LogP contribution >= 0.6 is 11.6 Å². The number of ether oxygens (including phenoxy) is 2. The third kappa shape index (κ3) is 12.4. The predicted octanol–water partition coefficient (Wildman–Crippen LogP) is 12.3. The van der Waals surface area contributed by atoms with Crippen molar-refractivity contribution >= 4 is 56.8 Å². The Morgan fingerprint density at radius 1 is 0.556 bits per heavy atom. The van der Waals surface area contributed by atoms with E-state index in [1.54, 1.807) is 0 Å². The Balaban J connectivity index is 0.000000181. The van der Waals surface area contributed by atoms with Gasteiger partial charge in [0.05, 0.1) is 38.1 Å². The van der Waals surface area contributed by atoms with Crippen LogP contribution in [0.3, 0.4) is 0 Å². The molecule has 4 heterocycles. The summed E-state index contributed by atoms with van der Waals surface area (Å²) in [7, 11) is 2.87. The molecular weight excluding hydrogens is 1040 g/mol. The van der Waals surface area contributed by atoms with Crippen molar-refractivity contribution in [2.45, 2.75) is 147 Å². The molecule has 0 spiro atoms. The Bertz CT molecular complexity index is 3670. The van der Waals surface area contributed by atoms with Crippen molar-refractivity contribution in [1.29, 1.82) is 0 Å². The monoisotopic (exact) mass is 1110 g/mol. The molecule has 10 rings (SSSR count). The highest BCUT2D eigenvalue weighted by Gasteiger charge is 2.29. The van der Waals surface area contributed by atoms with E-state index in [1.165, 1.54) is 30.9 Å². The highest BCUT2D eigenvalue weighted by atomic mass is 35.5. The Labute approximate surface area is 481 Å². The van der Waals surface area contributed by atoms with E-state index in [0.717, 1.165) is 150 Å². The van der Waals surface area contributed by atoms with Gasteiger partial charge in [-0.15, -0.1) is 10.2 Å². The molecule has 2 atom stereocenters. The number of halogens is 1. The lowest BCUT2D eigenvalue weighted by molar-refractivity contribution is -0.141. The molecule has 6 aromatic carbocycles. The third-order valence-corrected chi connectivity index (χ3v) is 17.3. The molecule has 0 fully saturated rings. The molecule has 15 heteroatoms. The van der Waals surface area contributed by atoms with Crippen molar-refractivity contribution in [3.8, 4) is 0 Å². The first kappa shape index (κ1) is 59.6. The van der Waals surface area contributed by atoms with Gasteiger partial charge in [-0.25, -0.2) is 9.36 Å². The largest absolute Gasteiger partial charge is 0.469 e. The lowest BCUT2D eigenvalue weighted by atomic mass is 9.83. The summed E-state index contributed by atoms with van der Waals surface area (Å²) in [5, 5.41) is 20.4. The fourth-order valence-electron chi connectivity index (χ4n) is 11.8. The fraction of sp³-hybridized carbons (Fsp3) is 0.394. The number of nitrogens with zero attached hydrogens (tertiary/aromatic N) is 7. The van der Waals surface area contributed by atoms with E-state index in [1.807, 2.05) is 75.7 Å². The molecule has 2 aliphatic rings. The summed E-state index contributed by atoms with van der Waals surface area (Å²) in [6.45, 7) is 28.9. The number of methoxy groups -OCH3 is 2. The topological polar surface area (TPSA) is 163 Å². The maximum atomic E-state index is 13.8. The zero-order valence-electron chi connectivity index (χ0n) is 49.6. The van der Waals surface area contributed by atoms with Gasteiger partial charge in [0, 0.05) is 55.7 Å². The van der Waals surface area contributed by atoms with Crippen molar-refractivity contribution < 1.29 is 28.7 Å². The summed E-state index contributed by atoms with van der Waals surface area (Å²) >= 11 is 5.52. The molecule has 2 aliphatic heterocycles. The van der Waals surface area contributed by atoms with Gasteiger partial charge < -0.3 is 19.7 Å². The number of rotatable bonds is 12. The van der Waals surface area contributed by atoms with Crippen LogP contribution in [0, 0.1) is 69.2 Å². The number of fused-ring (bicyclic) bond motifs is 4. The van der Waals surface area contributed by atoms with Gasteiger partial charge in [-0.3, -0.25) is 19.2 Å². The molecule has 0 aliphatic carbocycles. The van der Waals surface area contributed by atoms with Crippen molar-refractivity contribution in [2.24, 2.45) is 0 Å². The fourth-order valence-corrected chi connectivity index (χ4v) is 12.1. The number of hydrogen-bond donors (Lipinski definition) is 1. The summed E-state index contributed by atoms with van der Waals surface area (Å²) in [6.07, 6.45) is 2.36. The highest BCUT2D eigenvalue weighted by molar-refractivity contribution is 6.68. The summed E-state index contributed by atoms with van der Waals surface area (Å²) in [5.74, 6) is -0.668. The molecule has 0 saturated carbocycles. The number of amides is 1. The SMILES string of the molecule is CCn1nnc2c(C)c([C@@H](CC(=O)OC)c3ccc4c(c3)CN(C(=O)c3c(C)c(C)cc(C)c3C)CC4)ccc21.CCn1nnc2c(C)c([C@@H](CC(=O)OC)c3ccc4c(c3)CNCC4)ccc21.Cc1cc(C)c(C)c(C(=O)Cl)c1C. The zero-order valence-corrected chi connectivity index (χ0v) is 50.4. The Morgan fingerprint density at radius 2 is 1.00 bits per heavy atom. The minimum absolute atomic E-state index is 0.0733. The van der Waals surface area contributed by atoms with E-state index in [4.69, 9.17) is 21.1 Å². The van der Waals surface area contributed by atoms with Crippen LogP contribution in [0.4, 0.5) is 0 Å². The molecule has 81 heavy (non-hydrogen) atoms. The number of aryl methyl sites for hydroxylation is 8. The maximum Gasteiger partial charge on any atom is 0.306 e.